The fourth-order valence-electron chi connectivity index (χ4n) is 2.16. The molecule has 2 N–H and O–H groups in total. The first-order valence-corrected chi connectivity index (χ1v) is 6.10. The van der Waals surface area contributed by atoms with E-state index in [1.807, 2.05) is 0 Å². The zero-order chi connectivity index (χ0) is 15.9. The van der Waals surface area contributed by atoms with Gasteiger partial charge in [0.05, 0.1) is 11.6 Å². The maximum absolute atomic E-state index is 13.8. The van der Waals surface area contributed by atoms with Gasteiger partial charge < -0.3 is 5.73 Å². The van der Waals surface area contributed by atoms with Crippen LogP contribution in [0.3, 0.4) is 0 Å². The molecule has 1 atom stereocenters. The Hall–Kier alpha value is -1.95. The molecule has 0 aromatic heterocycles. The van der Waals surface area contributed by atoms with Crippen LogP contribution in [-0.2, 0) is 0 Å². The van der Waals surface area contributed by atoms with Crippen molar-refractivity contribution in [3.05, 3.63) is 69.5 Å². The number of nitrogens with two attached hydrogens (primary N) is 1. The minimum Gasteiger partial charge on any atom is -0.320 e. The molecule has 6 heteroatoms. The number of halogens is 5. The Bertz CT molecular complexity index is 683. The maximum Gasteiger partial charge on any atom is 0.200 e. The molecular weight excluding hydrogens is 289 g/mol. The molecule has 0 heterocycles. The Kier molecular flexibility index (Phi) is 4.00. The van der Waals surface area contributed by atoms with Crippen molar-refractivity contribution in [3.8, 4) is 0 Å². The van der Waals surface area contributed by atoms with Crippen LogP contribution in [0.2, 0.25) is 0 Å². The molecule has 0 saturated heterocycles. The Balaban J connectivity index is 2.70. The Morgan fingerprint density at radius 1 is 0.810 bits per heavy atom. The van der Waals surface area contributed by atoms with Crippen LogP contribution in [-0.4, -0.2) is 0 Å². The van der Waals surface area contributed by atoms with Crippen LogP contribution >= 0.6 is 0 Å². The van der Waals surface area contributed by atoms with Crippen LogP contribution in [0.4, 0.5) is 22.0 Å². The summed E-state index contributed by atoms with van der Waals surface area (Å²) in [6.07, 6.45) is 0. The molecule has 0 aliphatic heterocycles. The second-order valence-electron chi connectivity index (χ2n) is 4.75. The van der Waals surface area contributed by atoms with E-state index in [2.05, 4.69) is 0 Å². The van der Waals surface area contributed by atoms with E-state index in [0.717, 1.165) is 5.56 Å². The molecule has 0 aliphatic rings. The third-order valence-electron chi connectivity index (χ3n) is 3.54. The Morgan fingerprint density at radius 2 is 1.29 bits per heavy atom. The molecule has 0 amide bonds. The van der Waals surface area contributed by atoms with Gasteiger partial charge in [0.25, 0.3) is 0 Å². The van der Waals surface area contributed by atoms with Crippen LogP contribution in [0.25, 0.3) is 0 Å². The van der Waals surface area contributed by atoms with Crippen molar-refractivity contribution in [1.82, 2.24) is 0 Å². The van der Waals surface area contributed by atoms with Crippen molar-refractivity contribution in [1.29, 1.82) is 0 Å². The van der Waals surface area contributed by atoms with Crippen molar-refractivity contribution >= 4 is 0 Å². The SMILES string of the molecule is Cc1cccc(C(N)c2c(F)c(F)c(F)c(F)c2F)c1C. The van der Waals surface area contributed by atoms with E-state index < -0.39 is 40.7 Å². The molecule has 2 aromatic carbocycles. The highest BCUT2D eigenvalue weighted by molar-refractivity contribution is 5.41. The smallest absolute Gasteiger partial charge is 0.200 e. The van der Waals surface area contributed by atoms with Crippen molar-refractivity contribution in [2.24, 2.45) is 5.73 Å². The highest BCUT2D eigenvalue weighted by atomic mass is 19.2. The van der Waals surface area contributed by atoms with Gasteiger partial charge in [-0.05, 0) is 30.5 Å². The minimum atomic E-state index is -2.19. The summed E-state index contributed by atoms with van der Waals surface area (Å²) >= 11 is 0. The summed E-state index contributed by atoms with van der Waals surface area (Å²) in [6.45, 7) is 3.42. The number of rotatable bonds is 2. The van der Waals surface area contributed by atoms with Crippen LogP contribution < -0.4 is 5.73 Å². The molecule has 1 nitrogen and oxygen atoms in total. The van der Waals surface area contributed by atoms with Gasteiger partial charge in [0.2, 0.25) is 5.82 Å². The van der Waals surface area contributed by atoms with E-state index >= 15 is 0 Å². The lowest BCUT2D eigenvalue weighted by Gasteiger charge is -2.18. The number of hydrogen-bond acceptors (Lipinski definition) is 1. The van der Waals surface area contributed by atoms with E-state index in [1.165, 1.54) is 6.07 Å². The molecule has 2 aromatic rings. The number of hydrogen-bond donors (Lipinski definition) is 1. The van der Waals surface area contributed by atoms with Gasteiger partial charge in [-0.2, -0.15) is 0 Å². The second-order valence-corrected chi connectivity index (χ2v) is 4.75. The van der Waals surface area contributed by atoms with Crippen molar-refractivity contribution < 1.29 is 22.0 Å². The highest BCUT2D eigenvalue weighted by Gasteiger charge is 2.30. The van der Waals surface area contributed by atoms with Crippen LogP contribution in [0.5, 0.6) is 0 Å². The summed E-state index contributed by atoms with van der Waals surface area (Å²) in [4.78, 5) is 0. The maximum atomic E-state index is 13.8. The zero-order valence-electron chi connectivity index (χ0n) is 11.3. The van der Waals surface area contributed by atoms with E-state index in [1.54, 1.807) is 26.0 Å². The van der Waals surface area contributed by atoms with Gasteiger partial charge in [-0.3, -0.25) is 0 Å². The first-order valence-electron chi connectivity index (χ1n) is 6.10. The lowest BCUT2D eigenvalue weighted by molar-refractivity contribution is 0.367. The van der Waals surface area contributed by atoms with Gasteiger partial charge in [0.15, 0.2) is 23.3 Å². The zero-order valence-corrected chi connectivity index (χ0v) is 11.3. The third-order valence-corrected chi connectivity index (χ3v) is 3.54. The van der Waals surface area contributed by atoms with Gasteiger partial charge in [-0.1, -0.05) is 18.2 Å². The Morgan fingerprint density at radius 3 is 1.81 bits per heavy atom. The first kappa shape index (κ1) is 15.4. The van der Waals surface area contributed by atoms with E-state index in [4.69, 9.17) is 5.73 Å². The van der Waals surface area contributed by atoms with Crippen LogP contribution in [0.15, 0.2) is 18.2 Å². The summed E-state index contributed by atoms with van der Waals surface area (Å²) < 4.78 is 67.1. The molecule has 1 unspecified atom stereocenters. The average Bonchev–Trinajstić information content (AvgIpc) is 2.46. The summed E-state index contributed by atoms with van der Waals surface area (Å²) in [6, 6.07) is 3.40. The van der Waals surface area contributed by atoms with Gasteiger partial charge in [0.1, 0.15) is 0 Å². The van der Waals surface area contributed by atoms with Crippen LogP contribution in [0, 0.1) is 42.9 Å². The van der Waals surface area contributed by atoms with Crippen LogP contribution in [0.1, 0.15) is 28.3 Å². The van der Waals surface area contributed by atoms with Gasteiger partial charge in [-0.25, -0.2) is 22.0 Å². The third kappa shape index (κ3) is 2.40. The molecular formula is C15H12F5N. The summed E-state index contributed by atoms with van der Waals surface area (Å²) in [5.41, 5.74) is 6.45. The second kappa shape index (κ2) is 5.44. The molecule has 2 rings (SSSR count). The average molecular weight is 301 g/mol. The summed E-state index contributed by atoms with van der Waals surface area (Å²) in [7, 11) is 0. The number of aryl methyl sites for hydroxylation is 1. The lowest BCUT2D eigenvalue weighted by atomic mass is 9.92. The fraction of sp³-hybridized carbons (Fsp3) is 0.200. The fourth-order valence-corrected chi connectivity index (χ4v) is 2.16. The van der Waals surface area contributed by atoms with Crippen molar-refractivity contribution in [2.45, 2.75) is 19.9 Å². The topological polar surface area (TPSA) is 26.0 Å². The summed E-state index contributed by atoms with van der Waals surface area (Å²) in [5, 5.41) is 0. The molecule has 0 fully saturated rings. The normalized spacial score (nSPS) is 12.6. The van der Waals surface area contributed by atoms with E-state index in [0.29, 0.717) is 11.1 Å². The molecule has 0 radical (unpaired) electrons. The van der Waals surface area contributed by atoms with E-state index in [9.17, 15) is 22.0 Å². The van der Waals surface area contributed by atoms with Crippen molar-refractivity contribution in [3.63, 3.8) is 0 Å². The largest absolute Gasteiger partial charge is 0.320 e. The minimum absolute atomic E-state index is 0.304. The summed E-state index contributed by atoms with van der Waals surface area (Å²) in [5.74, 6) is -9.99. The molecule has 112 valence electrons. The van der Waals surface area contributed by atoms with Gasteiger partial charge in [-0.15, -0.1) is 0 Å². The number of benzene rings is 2. The quantitative estimate of drug-likeness (QED) is 0.505. The molecule has 21 heavy (non-hydrogen) atoms. The molecule has 0 aliphatic carbocycles. The Labute approximate surface area is 118 Å². The molecule has 0 saturated carbocycles. The highest BCUT2D eigenvalue weighted by Crippen LogP contribution is 2.31. The predicted octanol–water partition coefficient (Wildman–Crippen LogP) is 4.05. The predicted molar refractivity (Wildman–Crippen MR) is 68.2 cm³/mol. The monoisotopic (exact) mass is 301 g/mol. The van der Waals surface area contributed by atoms with Gasteiger partial charge >= 0.3 is 0 Å². The molecule has 0 spiro atoms. The first-order chi connectivity index (χ1) is 9.77. The van der Waals surface area contributed by atoms with Crippen molar-refractivity contribution in [2.75, 3.05) is 0 Å². The standard InChI is InChI=1S/C15H12F5N/c1-6-4-3-5-8(7(6)2)15(21)9-10(16)12(18)14(20)13(19)11(9)17/h3-5,15H,21H2,1-2H3. The van der Waals surface area contributed by atoms with E-state index in [-0.39, 0.29) is 0 Å². The lowest BCUT2D eigenvalue weighted by Crippen LogP contribution is -2.20. The van der Waals surface area contributed by atoms with Gasteiger partial charge in [0, 0.05) is 0 Å². The molecule has 0 bridgehead atoms.